The lowest BCUT2D eigenvalue weighted by Crippen LogP contribution is -2.25. The first kappa shape index (κ1) is 18.0. The van der Waals surface area contributed by atoms with Crippen LogP contribution in [0.15, 0.2) is 59.0 Å². The van der Waals surface area contributed by atoms with E-state index in [4.69, 9.17) is 4.74 Å². The van der Waals surface area contributed by atoms with E-state index in [9.17, 15) is 8.42 Å². The minimum atomic E-state index is -3.25. The number of rotatable bonds is 6. The third kappa shape index (κ3) is 5.05. The standard InChI is InChI=1S/C19H26O3S/c1-4-17-9-8-12-19(22-17)16(3)13-15(2)14-23(20,21)18-10-6-5-7-11-18/h5-11,13,15,17,19H,4,12,14H2,1-3H3/b16-13+/t15-,17?,19?/m0/s1. The Bertz CT molecular complexity index is 659. The molecule has 4 heteroatoms. The topological polar surface area (TPSA) is 43.4 Å². The molecule has 0 saturated heterocycles. The van der Waals surface area contributed by atoms with Gasteiger partial charge in [-0.15, -0.1) is 0 Å². The first-order valence-electron chi connectivity index (χ1n) is 8.20. The smallest absolute Gasteiger partial charge is 0.178 e. The van der Waals surface area contributed by atoms with Gasteiger partial charge in [0, 0.05) is 0 Å². The molecule has 2 rings (SSSR count). The van der Waals surface area contributed by atoms with Crippen LogP contribution >= 0.6 is 0 Å². The summed E-state index contributed by atoms with van der Waals surface area (Å²) >= 11 is 0. The highest BCUT2D eigenvalue weighted by molar-refractivity contribution is 7.91. The third-order valence-electron chi connectivity index (χ3n) is 4.08. The van der Waals surface area contributed by atoms with Crippen LogP contribution in [0.1, 0.15) is 33.6 Å². The molecule has 1 heterocycles. The number of sulfone groups is 1. The average Bonchev–Trinajstić information content (AvgIpc) is 2.55. The third-order valence-corrected chi connectivity index (χ3v) is 6.04. The summed E-state index contributed by atoms with van der Waals surface area (Å²) in [5, 5.41) is 0. The van der Waals surface area contributed by atoms with Crippen LogP contribution in [0.3, 0.4) is 0 Å². The Kier molecular flexibility index (Phi) is 6.19. The van der Waals surface area contributed by atoms with Crippen molar-refractivity contribution < 1.29 is 13.2 Å². The second kappa shape index (κ2) is 7.93. The van der Waals surface area contributed by atoms with Crippen LogP contribution in [0.25, 0.3) is 0 Å². The van der Waals surface area contributed by atoms with Crippen LogP contribution in [0.4, 0.5) is 0 Å². The summed E-state index contributed by atoms with van der Waals surface area (Å²) in [7, 11) is -3.25. The largest absolute Gasteiger partial charge is 0.366 e. The molecule has 0 bridgehead atoms. The zero-order valence-corrected chi connectivity index (χ0v) is 14.9. The predicted octanol–water partition coefficient (Wildman–Crippen LogP) is 4.17. The minimum absolute atomic E-state index is 0.0465. The van der Waals surface area contributed by atoms with E-state index < -0.39 is 9.84 Å². The van der Waals surface area contributed by atoms with E-state index >= 15 is 0 Å². The second-order valence-corrected chi connectivity index (χ2v) is 8.25. The molecule has 2 unspecified atom stereocenters. The van der Waals surface area contributed by atoms with Crippen molar-refractivity contribution in [3.63, 3.8) is 0 Å². The molecule has 0 aliphatic carbocycles. The van der Waals surface area contributed by atoms with Crippen molar-refractivity contribution >= 4 is 9.84 Å². The lowest BCUT2D eigenvalue weighted by molar-refractivity contribution is 0.0255. The molecule has 3 nitrogen and oxygen atoms in total. The molecule has 1 aliphatic heterocycles. The Labute approximate surface area is 140 Å². The average molecular weight is 334 g/mol. The summed E-state index contributed by atoms with van der Waals surface area (Å²) in [6, 6.07) is 8.64. The van der Waals surface area contributed by atoms with Gasteiger partial charge in [-0.2, -0.15) is 0 Å². The molecule has 23 heavy (non-hydrogen) atoms. The van der Waals surface area contributed by atoms with Crippen LogP contribution in [-0.2, 0) is 14.6 Å². The van der Waals surface area contributed by atoms with Crippen LogP contribution in [0.5, 0.6) is 0 Å². The molecule has 3 atom stereocenters. The maximum absolute atomic E-state index is 12.4. The molecule has 0 saturated carbocycles. The molecule has 126 valence electrons. The van der Waals surface area contributed by atoms with Gasteiger partial charge in [0.25, 0.3) is 0 Å². The molecule has 0 N–H and O–H groups in total. The summed E-state index contributed by atoms with van der Waals surface area (Å²) in [6.45, 7) is 6.08. The zero-order valence-electron chi connectivity index (χ0n) is 14.1. The number of ether oxygens (including phenoxy) is 1. The first-order chi connectivity index (χ1) is 10.9. The summed E-state index contributed by atoms with van der Waals surface area (Å²) < 4.78 is 30.9. The maximum Gasteiger partial charge on any atom is 0.178 e. The lowest BCUT2D eigenvalue weighted by atomic mass is 10.0. The Morgan fingerprint density at radius 2 is 2.04 bits per heavy atom. The molecule has 0 aromatic heterocycles. The van der Waals surface area contributed by atoms with Gasteiger partial charge in [0.1, 0.15) is 0 Å². The molecule has 0 fully saturated rings. The van der Waals surface area contributed by atoms with Gasteiger partial charge >= 0.3 is 0 Å². The molecular formula is C19H26O3S. The van der Waals surface area contributed by atoms with Crippen molar-refractivity contribution in [2.45, 2.75) is 50.7 Å². The highest BCUT2D eigenvalue weighted by Gasteiger charge is 2.21. The number of allylic oxidation sites excluding steroid dienone is 1. The van der Waals surface area contributed by atoms with E-state index in [1.807, 2.05) is 26.0 Å². The first-order valence-corrected chi connectivity index (χ1v) is 9.86. The van der Waals surface area contributed by atoms with Crippen LogP contribution in [-0.4, -0.2) is 26.4 Å². The van der Waals surface area contributed by atoms with Crippen molar-refractivity contribution in [3.05, 3.63) is 54.1 Å². The van der Waals surface area contributed by atoms with Gasteiger partial charge in [-0.05, 0) is 43.4 Å². The van der Waals surface area contributed by atoms with Gasteiger partial charge in [-0.3, -0.25) is 0 Å². The summed E-state index contributed by atoms with van der Waals surface area (Å²) in [6.07, 6.45) is 8.34. The Hall–Kier alpha value is -1.39. The fourth-order valence-corrected chi connectivity index (χ4v) is 4.42. The van der Waals surface area contributed by atoms with E-state index in [2.05, 4.69) is 19.1 Å². The molecule has 0 radical (unpaired) electrons. The van der Waals surface area contributed by atoms with Gasteiger partial charge < -0.3 is 4.74 Å². The highest BCUT2D eigenvalue weighted by atomic mass is 32.2. The van der Waals surface area contributed by atoms with Crippen molar-refractivity contribution in [2.75, 3.05) is 5.75 Å². The normalized spacial score (nSPS) is 23.7. The number of hydrogen-bond acceptors (Lipinski definition) is 3. The van der Waals surface area contributed by atoms with E-state index in [-0.39, 0.29) is 23.9 Å². The van der Waals surface area contributed by atoms with Gasteiger partial charge in [-0.25, -0.2) is 8.42 Å². The summed E-state index contributed by atoms with van der Waals surface area (Å²) in [5.41, 5.74) is 1.11. The fourth-order valence-electron chi connectivity index (χ4n) is 2.87. The Morgan fingerprint density at radius 1 is 1.35 bits per heavy atom. The lowest BCUT2D eigenvalue weighted by Gasteiger charge is -2.26. The molecular weight excluding hydrogens is 308 g/mol. The number of benzene rings is 1. The quantitative estimate of drug-likeness (QED) is 0.734. The van der Waals surface area contributed by atoms with Crippen LogP contribution in [0, 0.1) is 5.92 Å². The van der Waals surface area contributed by atoms with Crippen LogP contribution < -0.4 is 0 Å². The second-order valence-electron chi connectivity index (χ2n) is 6.22. The van der Waals surface area contributed by atoms with Crippen molar-refractivity contribution in [2.24, 2.45) is 5.92 Å². The molecule has 1 aliphatic rings. The van der Waals surface area contributed by atoms with Crippen molar-refractivity contribution in [3.8, 4) is 0 Å². The predicted molar refractivity (Wildman–Crippen MR) is 94.1 cm³/mol. The molecule has 0 amide bonds. The minimum Gasteiger partial charge on any atom is -0.366 e. The fraction of sp³-hybridized carbons (Fsp3) is 0.474. The SMILES string of the molecule is CCC1C=CCC(/C(C)=C/[C@H](C)CS(=O)(=O)c2ccccc2)O1. The van der Waals surface area contributed by atoms with Crippen molar-refractivity contribution in [1.82, 2.24) is 0 Å². The van der Waals surface area contributed by atoms with Gasteiger partial charge in [0.15, 0.2) is 9.84 Å². The summed E-state index contributed by atoms with van der Waals surface area (Å²) in [5.74, 6) is 0.0727. The van der Waals surface area contributed by atoms with Gasteiger partial charge in [0.2, 0.25) is 0 Å². The maximum atomic E-state index is 12.4. The summed E-state index contributed by atoms with van der Waals surface area (Å²) in [4.78, 5) is 0.390. The van der Waals surface area contributed by atoms with Crippen LogP contribution in [0.2, 0.25) is 0 Å². The van der Waals surface area contributed by atoms with Gasteiger partial charge in [-0.1, -0.05) is 50.3 Å². The zero-order chi connectivity index (χ0) is 16.9. The number of hydrogen-bond donors (Lipinski definition) is 0. The monoisotopic (exact) mass is 334 g/mol. The Morgan fingerprint density at radius 3 is 2.70 bits per heavy atom. The van der Waals surface area contributed by atoms with E-state index in [0.717, 1.165) is 18.4 Å². The molecule has 1 aromatic rings. The van der Waals surface area contributed by atoms with E-state index in [1.54, 1.807) is 24.3 Å². The van der Waals surface area contributed by atoms with E-state index in [1.165, 1.54) is 0 Å². The molecule has 1 aromatic carbocycles. The van der Waals surface area contributed by atoms with Crippen molar-refractivity contribution in [1.29, 1.82) is 0 Å². The molecule has 0 spiro atoms. The van der Waals surface area contributed by atoms with Gasteiger partial charge in [0.05, 0.1) is 22.9 Å². The highest BCUT2D eigenvalue weighted by Crippen LogP contribution is 2.23. The van der Waals surface area contributed by atoms with E-state index in [0.29, 0.717) is 4.90 Å². The Balaban J connectivity index is 2.03.